The zero-order chi connectivity index (χ0) is 14.6. The first-order valence-corrected chi connectivity index (χ1v) is 7.70. The third-order valence-corrected chi connectivity index (χ3v) is 3.39. The zero-order valence-electron chi connectivity index (χ0n) is 12.5. The topological polar surface area (TPSA) is 52.3 Å². The van der Waals surface area contributed by atoms with Gasteiger partial charge in [0.2, 0.25) is 0 Å². The van der Waals surface area contributed by atoms with Crippen molar-refractivity contribution in [2.75, 3.05) is 6.61 Å². The second-order valence-corrected chi connectivity index (χ2v) is 5.29. The Labute approximate surface area is 122 Å². The SMILES string of the molecule is CCCOc1ccc(C=O)cc1.NC1CCCCCC1. The van der Waals surface area contributed by atoms with E-state index in [1.807, 2.05) is 0 Å². The summed E-state index contributed by atoms with van der Waals surface area (Å²) in [5, 5.41) is 0. The summed E-state index contributed by atoms with van der Waals surface area (Å²) in [4.78, 5) is 10.3. The van der Waals surface area contributed by atoms with Crippen LogP contribution in [0.25, 0.3) is 0 Å². The minimum atomic E-state index is 0.525. The molecule has 20 heavy (non-hydrogen) atoms. The third kappa shape index (κ3) is 7.29. The summed E-state index contributed by atoms with van der Waals surface area (Å²) in [7, 11) is 0. The molecule has 0 bridgehead atoms. The van der Waals surface area contributed by atoms with Gasteiger partial charge in [0.15, 0.2) is 0 Å². The number of carbonyl (C=O) groups excluding carboxylic acids is 1. The van der Waals surface area contributed by atoms with E-state index in [1.165, 1.54) is 38.5 Å². The van der Waals surface area contributed by atoms with Gasteiger partial charge in [-0.25, -0.2) is 0 Å². The van der Waals surface area contributed by atoms with E-state index in [0.29, 0.717) is 11.6 Å². The van der Waals surface area contributed by atoms with Crippen LogP contribution in [0.4, 0.5) is 0 Å². The van der Waals surface area contributed by atoms with Gasteiger partial charge in [-0.1, -0.05) is 32.6 Å². The quantitative estimate of drug-likeness (QED) is 0.669. The Morgan fingerprint density at radius 1 is 1.15 bits per heavy atom. The molecule has 1 saturated carbocycles. The van der Waals surface area contributed by atoms with Gasteiger partial charge in [0.25, 0.3) is 0 Å². The van der Waals surface area contributed by atoms with Crippen molar-refractivity contribution in [2.24, 2.45) is 5.73 Å². The molecule has 0 heterocycles. The summed E-state index contributed by atoms with van der Waals surface area (Å²) in [5.41, 5.74) is 6.41. The van der Waals surface area contributed by atoms with E-state index >= 15 is 0 Å². The molecule has 2 N–H and O–H groups in total. The van der Waals surface area contributed by atoms with E-state index < -0.39 is 0 Å². The second-order valence-electron chi connectivity index (χ2n) is 5.29. The number of hydrogen-bond donors (Lipinski definition) is 1. The van der Waals surface area contributed by atoms with Gasteiger partial charge in [0, 0.05) is 11.6 Å². The van der Waals surface area contributed by atoms with Crippen molar-refractivity contribution in [3.63, 3.8) is 0 Å². The van der Waals surface area contributed by atoms with Crippen LogP contribution in [0.3, 0.4) is 0 Å². The summed E-state index contributed by atoms with van der Waals surface area (Å²) in [6, 6.07) is 7.63. The van der Waals surface area contributed by atoms with E-state index in [9.17, 15) is 4.79 Å². The minimum Gasteiger partial charge on any atom is -0.494 e. The highest BCUT2D eigenvalue weighted by atomic mass is 16.5. The summed E-state index contributed by atoms with van der Waals surface area (Å²) >= 11 is 0. The highest BCUT2D eigenvalue weighted by Crippen LogP contribution is 2.15. The molecule has 2 rings (SSSR count). The largest absolute Gasteiger partial charge is 0.494 e. The summed E-state index contributed by atoms with van der Waals surface area (Å²) in [5.74, 6) is 0.822. The van der Waals surface area contributed by atoms with Crippen LogP contribution < -0.4 is 10.5 Å². The van der Waals surface area contributed by atoms with Crippen LogP contribution in [-0.2, 0) is 0 Å². The van der Waals surface area contributed by atoms with E-state index in [1.54, 1.807) is 24.3 Å². The van der Waals surface area contributed by atoms with Gasteiger partial charge in [-0.15, -0.1) is 0 Å². The maximum absolute atomic E-state index is 10.3. The molecule has 0 aromatic heterocycles. The van der Waals surface area contributed by atoms with Gasteiger partial charge in [0.05, 0.1) is 6.61 Å². The predicted octanol–water partition coefficient (Wildman–Crippen LogP) is 3.96. The molecule has 0 atom stereocenters. The zero-order valence-corrected chi connectivity index (χ0v) is 12.5. The minimum absolute atomic E-state index is 0.525. The van der Waals surface area contributed by atoms with Crippen LogP contribution in [0.5, 0.6) is 5.75 Å². The average molecular weight is 277 g/mol. The lowest BCUT2D eigenvalue weighted by atomic mass is 10.1. The number of ether oxygens (including phenoxy) is 1. The van der Waals surface area contributed by atoms with Gasteiger partial charge in [-0.05, 0) is 43.5 Å². The molecule has 3 heteroatoms. The van der Waals surface area contributed by atoms with Crippen molar-refractivity contribution in [1.29, 1.82) is 0 Å². The van der Waals surface area contributed by atoms with Crippen molar-refractivity contribution in [3.05, 3.63) is 29.8 Å². The Morgan fingerprint density at radius 3 is 2.25 bits per heavy atom. The lowest BCUT2D eigenvalue weighted by Gasteiger charge is -2.03. The van der Waals surface area contributed by atoms with Gasteiger partial charge in [-0.2, -0.15) is 0 Å². The second kappa shape index (κ2) is 10.4. The van der Waals surface area contributed by atoms with Gasteiger partial charge in [-0.3, -0.25) is 4.79 Å². The van der Waals surface area contributed by atoms with Gasteiger partial charge < -0.3 is 10.5 Å². The smallest absolute Gasteiger partial charge is 0.150 e. The molecule has 0 spiro atoms. The van der Waals surface area contributed by atoms with Crippen molar-refractivity contribution < 1.29 is 9.53 Å². The molecule has 1 aromatic carbocycles. The number of carbonyl (C=O) groups is 1. The van der Waals surface area contributed by atoms with Crippen LogP contribution in [0, 0.1) is 0 Å². The Hall–Kier alpha value is -1.35. The van der Waals surface area contributed by atoms with Crippen molar-refractivity contribution in [1.82, 2.24) is 0 Å². The van der Waals surface area contributed by atoms with E-state index in [2.05, 4.69) is 6.92 Å². The molecule has 1 fully saturated rings. The molecule has 0 aliphatic heterocycles. The Kier molecular flexibility index (Phi) is 8.72. The van der Waals surface area contributed by atoms with E-state index in [4.69, 9.17) is 10.5 Å². The number of rotatable bonds is 4. The van der Waals surface area contributed by atoms with E-state index in [0.717, 1.165) is 25.1 Å². The lowest BCUT2D eigenvalue weighted by molar-refractivity contribution is 0.112. The Balaban J connectivity index is 0.000000217. The molecular weight excluding hydrogens is 250 g/mol. The normalized spacial score (nSPS) is 15.7. The van der Waals surface area contributed by atoms with Gasteiger partial charge >= 0.3 is 0 Å². The maximum atomic E-state index is 10.3. The molecule has 112 valence electrons. The molecule has 0 amide bonds. The number of benzene rings is 1. The summed E-state index contributed by atoms with van der Waals surface area (Å²) in [6.45, 7) is 2.78. The fourth-order valence-corrected chi connectivity index (χ4v) is 2.17. The number of nitrogens with two attached hydrogens (primary N) is 1. The van der Waals surface area contributed by atoms with Crippen LogP contribution >= 0.6 is 0 Å². The summed E-state index contributed by atoms with van der Waals surface area (Å²) in [6.07, 6.45) is 9.89. The van der Waals surface area contributed by atoms with Crippen LogP contribution in [0.1, 0.15) is 62.2 Å². The summed E-state index contributed by atoms with van der Waals surface area (Å²) < 4.78 is 5.34. The standard InChI is InChI=1S/C10H12O2.C7H15N/c1-2-7-12-10-5-3-9(8-11)4-6-10;8-7-5-3-1-2-4-6-7/h3-6,8H,2,7H2,1H3;7H,1-6,8H2. The fourth-order valence-electron chi connectivity index (χ4n) is 2.17. The molecule has 0 radical (unpaired) electrons. The third-order valence-electron chi connectivity index (χ3n) is 3.39. The van der Waals surface area contributed by atoms with Crippen LogP contribution in [0.2, 0.25) is 0 Å². The van der Waals surface area contributed by atoms with Crippen LogP contribution in [0.15, 0.2) is 24.3 Å². The first-order chi connectivity index (χ1) is 9.76. The molecular formula is C17H27NO2. The Bertz CT molecular complexity index is 354. The molecule has 0 saturated heterocycles. The van der Waals surface area contributed by atoms with E-state index in [-0.39, 0.29) is 0 Å². The maximum Gasteiger partial charge on any atom is 0.150 e. The molecule has 1 aliphatic rings. The molecule has 3 nitrogen and oxygen atoms in total. The highest BCUT2D eigenvalue weighted by Gasteiger charge is 2.05. The lowest BCUT2D eigenvalue weighted by Crippen LogP contribution is -2.17. The average Bonchev–Trinajstić information content (AvgIpc) is 2.74. The number of aldehydes is 1. The van der Waals surface area contributed by atoms with Crippen molar-refractivity contribution in [3.8, 4) is 5.75 Å². The van der Waals surface area contributed by atoms with Crippen molar-refractivity contribution in [2.45, 2.75) is 57.9 Å². The molecule has 1 aromatic rings. The van der Waals surface area contributed by atoms with Gasteiger partial charge in [0.1, 0.15) is 12.0 Å². The molecule has 0 unspecified atom stereocenters. The highest BCUT2D eigenvalue weighted by molar-refractivity contribution is 5.74. The predicted molar refractivity (Wildman–Crippen MR) is 83.3 cm³/mol. The Morgan fingerprint density at radius 2 is 1.75 bits per heavy atom. The molecule has 1 aliphatic carbocycles. The van der Waals surface area contributed by atoms with Crippen molar-refractivity contribution >= 4 is 6.29 Å². The van der Waals surface area contributed by atoms with Crippen LogP contribution in [-0.4, -0.2) is 18.9 Å². The monoisotopic (exact) mass is 277 g/mol. The first-order valence-electron chi connectivity index (χ1n) is 7.70. The fraction of sp³-hybridized carbons (Fsp3) is 0.588. The first kappa shape index (κ1) is 16.7. The number of hydrogen-bond acceptors (Lipinski definition) is 3.